The number of amides is 1. The van der Waals surface area contributed by atoms with Crippen LogP contribution < -0.4 is 10.0 Å². The van der Waals surface area contributed by atoms with Crippen LogP contribution in [0.4, 0.5) is 10.1 Å². The normalized spacial score (nSPS) is 11.5. The zero-order chi connectivity index (χ0) is 17.9. The summed E-state index contributed by atoms with van der Waals surface area (Å²) in [7, 11) is -3.61. The van der Waals surface area contributed by atoms with Crippen molar-refractivity contribution in [2.24, 2.45) is 0 Å². The molecule has 0 heterocycles. The van der Waals surface area contributed by atoms with E-state index >= 15 is 0 Å². The number of anilines is 1. The lowest BCUT2D eigenvalue weighted by Gasteiger charge is -2.10. The van der Waals surface area contributed by atoms with Crippen molar-refractivity contribution in [2.45, 2.75) is 24.8 Å². The SMILES string of the molecule is CC(C)NS(=O)(=O)c1ccc(C(=O)Nc2ccc(F)c(Cl)c2)cc1. The Hall–Kier alpha value is -1.96. The van der Waals surface area contributed by atoms with Crippen LogP contribution in [0.5, 0.6) is 0 Å². The summed E-state index contributed by atoms with van der Waals surface area (Å²) in [4.78, 5) is 12.2. The van der Waals surface area contributed by atoms with Crippen molar-refractivity contribution >= 4 is 33.2 Å². The molecule has 0 radical (unpaired) electrons. The van der Waals surface area contributed by atoms with E-state index in [0.29, 0.717) is 5.69 Å². The molecule has 0 bridgehead atoms. The molecule has 2 aromatic rings. The number of benzene rings is 2. The van der Waals surface area contributed by atoms with Crippen molar-refractivity contribution in [3.8, 4) is 0 Å². The van der Waals surface area contributed by atoms with Gasteiger partial charge in [-0.3, -0.25) is 4.79 Å². The third-order valence-electron chi connectivity index (χ3n) is 3.00. The zero-order valence-electron chi connectivity index (χ0n) is 13.0. The number of sulfonamides is 1. The minimum Gasteiger partial charge on any atom is -0.322 e. The highest BCUT2D eigenvalue weighted by molar-refractivity contribution is 7.89. The minimum absolute atomic E-state index is 0.0672. The van der Waals surface area contributed by atoms with Gasteiger partial charge in [-0.15, -0.1) is 0 Å². The van der Waals surface area contributed by atoms with E-state index in [1.54, 1.807) is 13.8 Å². The second-order valence-corrected chi connectivity index (χ2v) is 7.50. The molecule has 0 atom stereocenters. The van der Waals surface area contributed by atoms with E-state index in [2.05, 4.69) is 10.0 Å². The van der Waals surface area contributed by atoms with Crippen LogP contribution in [0.25, 0.3) is 0 Å². The third kappa shape index (κ3) is 4.53. The summed E-state index contributed by atoms with van der Waals surface area (Å²) in [5, 5.41) is 2.46. The first-order chi connectivity index (χ1) is 11.2. The van der Waals surface area contributed by atoms with Gasteiger partial charge in [0.15, 0.2) is 0 Å². The second-order valence-electron chi connectivity index (χ2n) is 5.38. The number of rotatable bonds is 5. The number of hydrogen-bond donors (Lipinski definition) is 2. The molecule has 0 saturated carbocycles. The largest absolute Gasteiger partial charge is 0.322 e. The van der Waals surface area contributed by atoms with Crippen LogP contribution in [0.2, 0.25) is 5.02 Å². The monoisotopic (exact) mass is 370 g/mol. The van der Waals surface area contributed by atoms with E-state index in [1.807, 2.05) is 0 Å². The van der Waals surface area contributed by atoms with Crippen molar-refractivity contribution in [1.82, 2.24) is 4.72 Å². The first-order valence-corrected chi connectivity index (χ1v) is 8.94. The molecule has 24 heavy (non-hydrogen) atoms. The van der Waals surface area contributed by atoms with Gasteiger partial charge >= 0.3 is 0 Å². The van der Waals surface area contributed by atoms with Gasteiger partial charge in [-0.25, -0.2) is 17.5 Å². The fourth-order valence-corrected chi connectivity index (χ4v) is 3.37. The van der Waals surface area contributed by atoms with Gasteiger partial charge in [0, 0.05) is 17.3 Å². The fourth-order valence-electron chi connectivity index (χ4n) is 1.94. The van der Waals surface area contributed by atoms with E-state index in [9.17, 15) is 17.6 Å². The van der Waals surface area contributed by atoms with Crippen LogP contribution in [-0.2, 0) is 10.0 Å². The topological polar surface area (TPSA) is 75.3 Å². The molecular weight excluding hydrogens is 355 g/mol. The highest BCUT2D eigenvalue weighted by atomic mass is 35.5. The molecule has 0 aliphatic carbocycles. The maximum atomic E-state index is 13.1. The molecular formula is C16H16ClFN2O3S. The van der Waals surface area contributed by atoms with Crippen LogP contribution in [0.1, 0.15) is 24.2 Å². The standard InChI is InChI=1S/C16H16ClFN2O3S/c1-10(2)20-24(22,23)13-6-3-11(4-7-13)16(21)19-12-5-8-15(18)14(17)9-12/h3-10,20H,1-2H3,(H,19,21). The van der Waals surface area contributed by atoms with Gasteiger partial charge in [0.1, 0.15) is 5.82 Å². The van der Waals surface area contributed by atoms with E-state index in [-0.39, 0.29) is 21.5 Å². The van der Waals surface area contributed by atoms with E-state index in [0.717, 1.165) is 6.07 Å². The van der Waals surface area contributed by atoms with Gasteiger partial charge in [0.2, 0.25) is 10.0 Å². The summed E-state index contributed by atoms with van der Waals surface area (Å²) >= 11 is 5.66. The molecule has 128 valence electrons. The van der Waals surface area contributed by atoms with Gasteiger partial charge in [-0.2, -0.15) is 0 Å². The average Bonchev–Trinajstić information content (AvgIpc) is 2.50. The summed E-state index contributed by atoms with van der Waals surface area (Å²) in [5.74, 6) is -1.04. The van der Waals surface area contributed by atoms with Crippen LogP contribution in [0.15, 0.2) is 47.4 Å². The Bertz CT molecular complexity index is 852. The van der Waals surface area contributed by atoms with Crippen molar-refractivity contribution in [1.29, 1.82) is 0 Å². The number of halogens is 2. The summed E-state index contributed by atoms with van der Waals surface area (Å²) in [6, 6.07) is 9.07. The molecule has 2 N–H and O–H groups in total. The Morgan fingerprint density at radius 2 is 1.75 bits per heavy atom. The van der Waals surface area contributed by atoms with Gasteiger partial charge in [0.25, 0.3) is 5.91 Å². The number of carbonyl (C=O) groups is 1. The molecule has 0 saturated heterocycles. The highest BCUT2D eigenvalue weighted by Crippen LogP contribution is 2.20. The fraction of sp³-hybridized carbons (Fsp3) is 0.188. The lowest BCUT2D eigenvalue weighted by molar-refractivity contribution is 0.102. The average molecular weight is 371 g/mol. The molecule has 0 aromatic heterocycles. The van der Waals surface area contributed by atoms with Crippen molar-refractivity contribution in [3.05, 3.63) is 58.9 Å². The Balaban J connectivity index is 2.15. The molecule has 2 rings (SSSR count). The van der Waals surface area contributed by atoms with Crippen molar-refractivity contribution in [3.63, 3.8) is 0 Å². The number of carbonyl (C=O) groups excluding carboxylic acids is 1. The first-order valence-electron chi connectivity index (χ1n) is 7.08. The Morgan fingerprint density at radius 1 is 1.12 bits per heavy atom. The maximum absolute atomic E-state index is 13.1. The van der Waals surface area contributed by atoms with Crippen molar-refractivity contribution < 1.29 is 17.6 Å². The zero-order valence-corrected chi connectivity index (χ0v) is 14.6. The van der Waals surface area contributed by atoms with E-state index in [1.165, 1.54) is 36.4 Å². The predicted molar refractivity (Wildman–Crippen MR) is 91.3 cm³/mol. The number of hydrogen-bond acceptors (Lipinski definition) is 3. The molecule has 8 heteroatoms. The highest BCUT2D eigenvalue weighted by Gasteiger charge is 2.16. The maximum Gasteiger partial charge on any atom is 0.255 e. The molecule has 2 aromatic carbocycles. The Morgan fingerprint density at radius 3 is 2.29 bits per heavy atom. The molecule has 0 spiro atoms. The lowest BCUT2D eigenvalue weighted by atomic mass is 10.2. The summed E-state index contributed by atoms with van der Waals surface area (Å²) < 4.78 is 39.6. The minimum atomic E-state index is -3.61. The number of nitrogens with one attached hydrogen (secondary N) is 2. The third-order valence-corrected chi connectivity index (χ3v) is 4.96. The molecule has 5 nitrogen and oxygen atoms in total. The van der Waals surface area contributed by atoms with Gasteiger partial charge in [-0.1, -0.05) is 11.6 Å². The Kier molecular flexibility index (Phi) is 5.58. The van der Waals surface area contributed by atoms with Crippen LogP contribution in [0.3, 0.4) is 0 Å². The first kappa shape index (κ1) is 18.4. The Labute approximate surface area is 144 Å². The summed E-state index contributed by atoms with van der Waals surface area (Å²) in [5.41, 5.74) is 0.600. The molecule has 0 fully saturated rings. The van der Waals surface area contributed by atoms with E-state index in [4.69, 9.17) is 11.6 Å². The summed E-state index contributed by atoms with van der Waals surface area (Å²) in [6.45, 7) is 3.43. The lowest BCUT2D eigenvalue weighted by Crippen LogP contribution is -2.30. The predicted octanol–water partition coefficient (Wildman–Crippen LogP) is 3.42. The smallest absolute Gasteiger partial charge is 0.255 e. The summed E-state index contributed by atoms with van der Waals surface area (Å²) in [6.07, 6.45) is 0. The van der Waals surface area contributed by atoms with Crippen molar-refractivity contribution in [2.75, 3.05) is 5.32 Å². The van der Waals surface area contributed by atoms with Gasteiger partial charge in [-0.05, 0) is 56.3 Å². The quantitative estimate of drug-likeness (QED) is 0.846. The second kappa shape index (κ2) is 7.29. The molecule has 1 amide bonds. The van der Waals surface area contributed by atoms with Crippen LogP contribution >= 0.6 is 11.6 Å². The van der Waals surface area contributed by atoms with Crippen LogP contribution in [0, 0.1) is 5.82 Å². The van der Waals surface area contributed by atoms with E-state index < -0.39 is 21.7 Å². The molecule has 0 aliphatic heterocycles. The molecule has 0 aliphatic rings. The van der Waals surface area contributed by atoms with Gasteiger partial charge < -0.3 is 5.32 Å². The van der Waals surface area contributed by atoms with Crippen LogP contribution in [-0.4, -0.2) is 20.4 Å². The van der Waals surface area contributed by atoms with Gasteiger partial charge in [0.05, 0.1) is 9.92 Å². The molecule has 0 unspecified atom stereocenters.